The van der Waals surface area contributed by atoms with Gasteiger partial charge in [-0.1, -0.05) is 0 Å². The van der Waals surface area contributed by atoms with Gasteiger partial charge in [-0.25, -0.2) is 0 Å². The lowest BCUT2D eigenvalue weighted by atomic mass is 9.81. The van der Waals surface area contributed by atoms with Crippen LogP contribution < -0.4 is 10.6 Å². The lowest BCUT2D eigenvalue weighted by molar-refractivity contribution is -0.138. The number of carboxylic acids is 1. The molecule has 0 aromatic heterocycles. The average molecular weight is 465 g/mol. The van der Waals surface area contributed by atoms with E-state index in [9.17, 15) is 19.5 Å². The van der Waals surface area contributed by atoms with E-state index in [1.54, 1.807) is 14.2 Å². The van der Waals surface area contributed by atoms with Crippen LogP contribution in [0.25, 0.3) is 0 Å². The van der Waals surface area contributed by atoms with Crippen molar-refractivity contribution in [3.8, 4) is 0 Å². The van der Waals surface area contributed by atoms with Crippen LogP contribution >= 0.6 is 0 Å². The highest BCUT2D eigenvalue weighted by atomic mass is 16.5. The number of carbonyl (C=O) groups is 3. The van der Waals surface area contributed by atoms with E-state index in [1.807, 2.05) is 0 Å². The number of carbonyl (C=O) groups excluding carboxylic acids is 2. The van der Waals surface area contributed by atoms with E-state index < -0.39 is 12.0 Å². The number of hydrogen-bond acceptors (Lipinski definition) is 5. The Morgan fingerprint density at radius 2 is 1.42 bits per heavy atom. The molecule has 0 saturated heterocycles. The first-order valence-electron chi connectivity index (χ1n) is 12.5. The molecule has 0 aliphatic heterocycles. The van der Waals surface area contributed by atoms with Crippen LogP contribution in [-0.2, 0) is 23.9 Å². The van der Waals surface area contributed by atoms with Crippen LogP contribution in [0.3, 0.4) is 0 Å². The van der Waals surface area contributed by atoms with Gasteiger partial charge in [0.15, 0.2) is 0 Å². The Morgan fingerprint density at radius 1 is 0.879 bits per heavy atom. The zero-order valence-corrected chi connectivity index (χ0v) is 20.1. The highest BCUT2D eigenvalue weighted by Gasteiger charge is 2.33. The normalized spacial score (nSPS) is 28.9. The zero-order chi connectivity index (χ0) is 23.8. The first-order chi connectivity index (χ1) is 15.9. The molecule has 0 unspecified atom stereocenters. The van der Waals surface area contributed by atoms with Gasteiger partial charge in [0.05, 0.1) is 18.6 Å². The van der Waals surface area contributed by atoms with E-state index in [1.165, 1.54) is 0 Å². The molecular formula is C25H40N2O6. The predicted octanol–water partition coefficient (Wildman–Crippen LogP) is 2.95. The molecule has 8 heteroatoms. The Balaban J connectivity index is 1.57. The van der Waals surface area contributed by atoms with E-state index >= 15 is 0 Å². The number of rotatable bonds is 10. The monoisotopic (exact) mass is 464 g/mol. The summed E-state index contributed by atoms with van der Waals surface area (Å²) in [7, 11) is 3.45. The molecule has 3 N–H and O–H groups in total. The summed E-state index contributed by atoms with van der Waals surface area (Å²) in [5.41, 5.74) is 1.09. The number of nitrogens with one attached hydrogen (secondary N) is 2. The highest BCUT2D eigenvalue weighted by Crippen LogP contribution is 2.31. The number of aliphatic carboxylic acids is 1. The summed E-state index contributed by atoms with van der Waals surface area (Å²) in [5, 5.41) is 15.4. The maximum atomic E-state index is 13.1. The van der Waals surface area contributed by atoms with Gasteiger partial charge in [-0.05, 0) is 82.5 Å². The van der Waals surface area contributed by atoms with Gasteiger partial charge in [-0.2, -0.15) is 0 Å². The Kier molecular flexibility index (Phi) is 9.74. The second-order valence-electron chi connectivity index (χ2n) is 9.85. The molecule has 0 aromatic rings. The second-order valence-corrected chi connectivity index (χ2v) is 9.85. The van der Waals surface area contributed by atoms with Crippen molar-refractivity contribution in [2.45, 2.75) is 95.3 Å². The quantitative estimate of drug-likeness (QED) is 0.458. The van der Waals surface area contributed by atoms with E-state index in [2.05, 4.69) is 10.6 Å². The van der Waals surface area contributed by atoms with Crippen molar-refractivity contribution in [1.82, 2.24) is 10.6 Å². The van der Waals surface area contributed by atoms with Gasteiger partial charge in [-0.3, -0.25) is 14.4 Å². The minimum Gasteiger partial charge on any atom is -0.481 e. The molecule has 2 amide bonds. The molecule has 3 aliphatic carbocycles. The molecule has 186 valence electrons. The fourth-order valence-electron chi connectivity index (χ4n) is 5.67. The Hall–Kier alpha value is -1.93. The molecule has 3 aliphatic rings. The van der Waals surface area contributed by atoms with Crippen LogP contribution in [0.5, 0.6) is 0 Å². The molecule has 1 atom stereocenters. The standard InChI is InChI=1S/C25H40N2O6/c1-32-18-10-6-16(7-11-18)15-26-24(30)20-4-3-5-21(20)25(31)27-22(14-23(28)29)17-8-12-19(33-2)13-9-17/h16-19,22H,3-15H2,1-2H3,(H,26,30)(H,27,31)(H,28,29)/t16?,17?,18?,19?,22-/m0/s1. The molecule has 0 spiro atoms. The summed E-state index contributed by atoms with van der Waals surface area (Å²) in [5.74, 6) is -0.796. The summed E-state index contributed by atoms with van der Waals surface area (Å²) in [6, 6.07) is -0.429. The Labute approximate surface area is 196 Å². The van der Waals surface area contributed by atoms with E-state index in [-0.39, 0.29) is 30.3 Å². The lowest BCUT2D eigenvalue weighted by Crippen LogP contribution is -2.44. The summed E-state index contributed by atoms with van der Waals surface area (Å²) in [6.45, 7) is 0.623. The molecule has 33 heavy (non-hydrogen) atoms. The Morgan fingerprint density at radius 3 is 1.97 bits per heavy atom. The number of carboxylic acid groups (broad SMARTS) is 1. The molecule has 0 radical (unpaired) electrons. The van der Waals surface area contributed by atoms with Crippen LogP contribution in [0, 0.1) is 11.8 Å². The zero-order valence-electron chi connectivity index (χ0n) is 20.1. The van der Waals surface area contributed by atoms with Crippen molar-refractivity contribution in [1.29, 1.82) is 0 Å². The van der Waals surface area contributed by atoms with Crippen LogP contribution in [0.15, 0.2) is 11.1 Å². The SMILES string of the molecule is COC1CCC(CNC(=O)C2=C(C(=O)N[C@@H](CC(=O)O)C3CCC(OC)CC3)CCC2)CC1. The molecule has 2 fully saturated rings. The molecular weight excluding hydrogens is 424 g/mol. The summed E-state index contributed by atoms with van der Waals surface area (Å²) in [4.78, 5) is 37.4. The van der Waals surface area contributed by atoms with E-state index in [4.69, 9.17) is 9.47 Å². The van der Waals surface area contributed by atoms with Crippen molar-refractivity contribution < 1.29 is 29.0 Å². The molecule has 0 bridgehead atoms. The fourth-order valence-corrected chi connectivity index (χ4v) is 5.67. The van der Waals surface area contributed by atoms with Crippen molar-refractivity contribution in [2.24, 2.45) is 11.8 Å². The van der Waals surface area contributed by atoms with Crippen molar-refractivity contribution in [3.05, 3.63) is 11.1 Å². The van der Waals surface area contributed by atoms with Crippen molar-refractivity contribution in [2.75, 3.05) is 20.8 Å². The van der Waals surface area contributed by atoms with Crippen molar-refractivity contribution in [3.63, 3.8) is 0 Å². The van der Waals surface area contributed by atoms with Crippen molar-refractivity contribution >= 4 is 17.8 Å². The maximum absolute atomic E-state index is 13.1. The predicted molar refractivity (Wildman–Crippen MR) is 124 cm³/mol. The molecule has 8 nitrogen and oxygen atoms in total. The molecule has 2 saturated carbocycles. The van der Waals surface area contributed by atoms with Gasteiger partial charge < -0.3 is 25.2 Å². The molecule has 0 aromatic carbocycles. The first-order valence-corrected chi connectivity index (χ1v) is 12.5. The minimum atomic E-state index is -0.921. The number of methoxy groups -OCH3 is 2. The van der Waals surface area contributed by atoms with Gasteiger partial charge >= 0.3 is 5.97 Å². The number of amides is 2. The molecule has 3 rings (SSSR count). The Bertz CT molecular complexity index is 720. The second kappa shape index (κ2) is 12.5. The van der Waals surface area contributed by atoms with Crippen LogP contribution in [0.2, 0.25) is 0 Å². The fraction of sp³-hybridized carbons (Fsp3) is 0.800. The minimum absolute atomic E-state index is 0.104. The highest BCUT2D eigenvalue weighted by molar-refractivity contribution is 6.05. The van der Waals surface area contributed by atoms with E-state index in [0.29, 0.717) is 42.6 Å². The maximum Gasteiger partial charge on any atom is 0.305 e. The topological polar surface area (TPSA) is 114 Å². The first kappa shape index (κ1) is 25.7. The largest absolute Gasteiger partial charge is 0.481 e. The van der Waals surface area contributed by atoms with Gasteiger partial charge in [0.1, 0.15) is 0 Å². The number of hydrogen-bond donors (Lipinski definition) is 3. The van der Waals surface area contributed by atoms with Gasteiger partial charge in [0.25, 0.3) is 0 Å². The van der Waals surface area contributed by atoms with Gasteiger partial charge in [0, 0.05) is 38.0 Å². The number of ether oxygens (including phenoxy) is 2. The van der Waals surface area contributed by atoms with Gasteiger partial charge in [0.2, 0.25) is 11.8 Å². The third-order valence-corrected chi connectivity index (χ3v) is 7.78. The van der Waals surface area contributed by atoms with Crippen LogP contribution in [0.1, 0.15) is 77.0 Å². The van der Waals surface area contributed by atoms with E-state index in [0.717, 1.165) is 57.8 Å². The summed E-state index contributed by atoms with van der Waals surface area (Å²) >= 11 is 0. The average Bonchev–Trinajstić information content (AvgIpc) is 3.32. The summed E-state index contributed by atoms with van der Waals surface area (Å²) < 4.78 is 10.8. The molecule has 0 heterocycles. The van der Waals surface area contributed by atoms with Gasteiger partial charge in [-0.15, -0.1) is 0 Å². The third-order valence-electron chi connectivity index (χ3n) is 7.78. The summed E-state index contributed by atoms with van der Waals surface area (Å²) in [6.07, 6.45) is 9.86. The van der Waals surface area contributed by atoms with Crippen LogP contribution in [-0.4, -0.2) is 61.9 Å². The van der Waals surface area contributed by atoms with Crippen LogP contribution in [0.4, 0.5) is 0 Å². The third kappa shape index (κ3) is 7.27. The lowest BCUT2D eigenvalue weighted by Gasteiger charge is -2.33. The smallest absolute Gasteiger partial charge is 0.305 e.